The minimum atomic E-state index is -4.49. The molecule has 0 aliphatic carbocycles. The molecule has 170 valence electrons. The van der Waals surface area contributed by atoms with Gasteiger partial charge in [0.1, 0.15) is 0 Å². The van der Waals surface area contributed by atoms with Crippen LogP contribution in [0.2, 0.25) is 0 Å². The van der Waals surface area contributed by atoms with Gasteiger partial charge < -0.3 is 9.38 Å². The minimum absolute atomic E-state index is 0.0841. The molecule has 4 aromatic rings. The number of nitrogens with zero attached hydrogens (tertiary/aromatic N) is 5. The quantitative estimate of drug-likeness (QED) is 0.507. The number of alkyl halides is 3. The molecule has 1 aliphatic heterocycles. The van der Waals surface area contributed by atoms with Crippen LogP contribution in [-0.2, 0) is 19.1 Å². The summed E-state index contributed by atoms with van der Waals surface area (Å²) in [4.78, 5) is 29.6. The lowest BCUT2D eigenvalue weighted by Gasteiger charge is -2.26. The maximum atomic E-state index is 12.9. The van der Waals surface area contributed by atoms with Gasteiger partial charge in [-0.2, -0.15) is 13.2 Å². The molecule has 5 rings (SSSR count). The molecule has 0 amide bonds. The average molecular weight is 454 g/mol. The third-order valence-corrected chi connectivity index (χ3v) is 5.87. The molecule has 0 unspecified atom stereocenters. The van der Waals surface area contributed by atoms with E-state index < -0.39 is 11.9 Å². The summed E-state index contributed by atoms with van der Waals surface area (Å²) in [5, 5.41) is 0. The second-order valence-corrected chi connectivity index (χ2v) is 8.13. The fraction of sp³-hybridized carbons (Fsp3) is 0.304. The number of aromatic nitrogens is 5. The van der Waals surface area contributed by atoms with Crippen molar-refractivity contribution in [2.45, 2.75) is 32.5 Å². The van der Waals surface area contributed by atoms with Crippen LogP contribution < -0.4 is 5.56 Å². The molecule has 0 radical (unpaired) electrons. The first kappa shape index (κ1) is 21.3. The van der Waals surface area contributed by atoms with E-state index in [2.05, 4.69) is 24.8 Å². The summed E-state index contributed by atoms with van der Waals surface area (Å²) in [6, 6.07) is 3.78. The Morgan fingerprint density at radius 1 is 1.15 bits per heavy atom. The molecule has 4 aromatic heterocycles. The van der Waals surface area contributed by atoms with E-state index in [1.165, 1.54) is 10.6 Å². The van der Waals surface area contributed by atoms with Crippen molar-refractivity contribution in [3.8, 4) is 0 Å². The molecule has 0 fully saturated rings. The zero-order valence-electron chi connectivity index (χ0n) is 17.9. The maximum absolute atomic E-state index is 12.9. The van der Waals surface area contributed by atoms with Crippen molar-refractivity contribution in [3.05, 3.63) is 75.9 Å². The Labute approximate surface area is 186 Å². The van der Waals surface area contributed by atoms with Crippen LogP contribution in [0, 0.1) is 0 Å². The number of halogens is 3. The van der Waals surface area contributed by atoms with Gasteiger partial charge in [-0.1, -0.05) is 13.0 Å². The number of H-pyrrole nitrogens is 1. The third kappa shape index (κ3) is 4.25. The Kier molecular flexibility index (Phi) is 5.24. The van der Waals surface area contributed by atoms with E-state index in [1.54, 1.807) is 6.20 Å². The van der Waals surface area contributed by atoms with Crippen molar-refractivity contribution in [2.24, 2.45) is 0 Å². The molecule has 5 heterocycles. The highest BCUT2D eigenvalue weighted by atomic mass is 19.4. The first-order valence-corrected chi connectivity index (χ1v) is 10.6. The Morgan fingerprint density at radius 3 is 2.73 bits per heavy atom. The zero-order valence-corrected chi connectivity index (χ0v) is 17.9. The Morgan fingerprint density at radius 2 is 2.00 bits per heavy atom. The summed E-state index contributed by atoms with van der Waals surface area (Å²) in [5.41, 5.74) is 3.99. The van der Waals surface area contributed by atoms with Crippen molar-refractivity contribution in [1.82, 2.24) is 29.2 Å². The van der Waals surface area contributed by atoms with Gasteiger partial charge in [-0.25, -0.2) is 4.98 Å². The first-order valence-electron chi connectivity index (χ1n) is 10.6. The molecule has 0 bridgehead atoms. The number of aromatic amines is 1. The molecule has 1 N–H and O–H groups in total. The SMILES string of the molecule is CCc1cc2ncc(CN3CC=C(c4cn5cc(C(F)(F)F)nc5cn4)CC3)cc2[nH]c1=O. The van der Waals surface area contributed by atoms with Crippen LogP contribution in [0.3, 0.4) is 0 Å². The summed E-state index contributed by atoms with van der Waals surface area (Å²) in [6.07, 6.45) is 4.70. The average Bonchev–Trinajstić information content (AvgIpc) is 3.23. The summed E-state index contributed by atoms with van der Waals surface area (Å²) >= 11 is 0. The molecule has 0 atom stereocenters. The second-order valence-electron chi connectivity index (χ2n) is 8.13. The van der Waals surface area contributed by atoms with Crippen LogP contribution in [0.1, 0.15) is 35.9 Å². The highest BCUT2D eigenvalue weighted by molar-refractivity contribution is 5.74. The van der Waals surface area contributed by atoms with Gasteiger partial charge >= 0.3 is 6.18 Å². The Balaban J connectivity index is 1.31. The number of hydrogen-bond donors (Lipinski definition) is 1. The monoisotopic (exact) mass is 454 g/mol. The lowest BCUT2D eigenvalue weighted by molar-refractivity contribution is -0.140. The predicted octanol–water partition coefficient (Wildman–Crippen LogP) is 3.84. The zero-order chi connectivity index (χ0) is 23.2. The van der Waals surface area contributed by atoms with E-state index in [0.29, 0.717) is 30.8 Å². The maximum Gasteiger partial charge on any atom is 0.434 e. The number of pyridine rings is 2. The first-order chi connectivity index (χ1) is 15.8. The van der Waals surface area contributed by atoms with Crippen molar-refractivity contribution in [1.29, 1.82) is 0 Å². The topological polar surface area (TPSA) is 79.2 Å². The van der Waals surface area contributed by atoms with Gasteiger partial charge in [-0.15, -0.1) is 0 Å². The van der Waals surface area contributed by atoms with Gasteiger partial charge in [-0.3, -0.25) is 19.7 Å². The van der Waals surface area contributed by atoms with Crippen LogP contribution in [0.15, 0.2) is 47.8 Å². The summed E-state index contributed by atoms with van der Waals surface area (Å²) < 4.78 is 40.1. The fourth-order valence-corrected chi connectivity index (χ4v) is 4.06. The van der Waals surface area contributed by atoms with E-state index in [4.69, 9.17) is 0 Å². The summed E-state index contributed by atoms with van der Waals surface area (Å²) in [5.74, 6) is 0. The minimum Gasteiger partial charge on any atom is -0.320 e. The van der Waals surface area contributed by atoms with Gasteiger partial charge in [0.15, 0.2) is 11.3 Å². The molecular weight excluding hydrogens is 433 g/mol. The molecule has 0 saturated carbocycles. The summed E-state index contributed by atoms with van der Waals surface area (Å²) in [7, 11) is 0. The lowest BCUT2D eigenvalue weighted by Crippen LogP contribution is -2.28. The van der Waals surface area contributed by atoms with E-state index in [0.717, 1.165) is 41.3 Å². The molecule has 0 aromatic carbocycles. The standard InChI is InChI=1S/C23H21F3N6O/c1-2-15-8-17-18(29-22(15)33)7-14(9-27-17)11-31-5-3-16(4-6-31)19-12-32-13-20(23(24,25)26)30-21(32)10-28-19/h3,7-10,12-13H,2,4-6,11H2,1H3,(H,29,33). The number of fused-ring (bicyclic) bond motifs is 2. The van der Waals surface area contributed by atoms with E-state index in [1.807, 2.05) is 31.3 Å². The number of nitrogens with one attached hydrogen (secondary N) is 1. The van der Waals surface area contributed by atoms with E-state index in [9.17, 15) is 18.0 Å². The normalized spacial score (nSPS) is 15.3. The van der Waals surface area contributed by atoms with E-state index >= 15 is 0 Å². The molecule has 7 nitrogen and oxygen atoms in total. The van der Waals surface area contributed by atoms with Crippen molar-refractivity contribution in [3.63, 3.8) is 0 Å². The second kappa shape index (κ2) is 8.11. The highest BCUT2D eigenvalue weighted by Crippen LogP contribution is 2.29. The summed E-state index contributed by atoms with van der Waals surface area (Å²) in [6.45, 7) is 4.06. The number of rotatable bonds is 4. The molecular formula is C23H21F3N6O. The number of aryl methyl sites for hydroxylation is 1. The number of hydrogen-bond acceptors (Lipinski definition) is 5. The van der Waals surface area contributed by atoms with Crippen molar-refractivity contribution >= 4 is 22.3 Å². The fourth-order valence-electron chi connectivity index (χ4n) is 4.06. The van der Waals surface area contributed by atoms with Crippen molar-refractivity contribution < 1.29 is 13.2 Å². The van der Waals surface area contributed by atoms with Crippen LogP contribution in [0.5, 0.6) is 0 Å². The largest absolute Gasteiger partial charge is 0.434 e. The molecule has 1 aliphatic rings. The van der Waals surface area contributed by atoms with Gasteiger partial charge in [0.2, 0.25) is 0 Å². The Hall–Kier alpha value is -3.53. The molecule has 33 heavy (non-hydrogen) atoms. The van der Waals surface area contributed by atoms with Crippen LogP contribution >= 0.6 is 0 Å². The highest BCUT2D eigenvalue weighted by Gasteiger charge is 2.34. The molecule has 0 saturated heterocycles. The predicted molar refractivity (Wildman–Crippen MR) is 118 cm³/mol. The molecule has 10 heteroatoms. The van der Waals surface area contributed by atoms with Gasteiger partial charge in [-0.05, 0) is 36.1 Å². The Bertz CT molecular complexity index is 1440. The van der Waals surface area contributed by atoms with E-state index in [-0.39, 0.29) is 11.2 Å². The van der Waals surface area contributed by atoms with Crippen LogP contribution in [0.4, 0.5) is 13.2 Å². The van der Waals surface area contributed by atoms with Gasteiger partial charge in [0, 0.05) is 43.8 Å². The molecule has 0 spiro atoms. The lowest BCUT2D eigenvalue weighted by atomic mass is 10.0. The van der Waals surface area contributed by atoms with Gasteiger partial charge in [0.05, 0.1) is 22.9 Å². The van der Waals surface area contributed by atoms with Crippen LogP contribution in [-0.4, -0.2) is 42.3 Å². The number of imidazole rings is 1. The van der Waals surface area contributed by atoms with Crippen molar-refractivity contribution in [2.75, 3.05) is 13.1 Å². The third-order valence-electron chi connectivity index (χ3n) is 5.87. The smallest absolute Gasteiger partial charge is 0.320 e. The van der Waals surface area contributed by atoms with Crippen LogP contribution in [0.25, 0.3) is 22.3 Å². The van der Waals surface area contributed by atoms with Gasteiger partial charge in [0.25, 0.3) is 5.56 Å².